The molecule has 0 saturated carbocycles. The molecule has 0 radical (unpaired) electrons. The second kappa shape index (κ2) is 6.27. The number of hydrogen-bond donors (Lipinski definition) is 0. The van der Waals surface area contributed by atoms with Crippen molar-refractivity contribution in [1.82, 2.24) is 0 Å². The zero-order chi connectivity index (χ0) is 11.0. The molecule has 0 N–H and O–H groups in total. The molecule has 0 bridgehead atoms. The van der Waals surface area contributed by atoms with Crippen molar-refractivity contribution >= 4 is 41.8 Å². The fraction of sp³-hybridized carbons (Fsp3) is 0.333. The van der Waals surface area contributed by atoms with Crippen molar-refractivity contribution in [1.29, 1.82) is 0 Å². The Hall–Kier alpha value is 0.761. The number of halogens is 3. The summed E-state index contributed by atoms with van der Waals surface area (Å²) in [6.07, 6.45) is 15.5. The van der Waals surface area contributed by atoms with Crippen LogP contribution in [0.2, 0.25) is 4.73 Å². The molecule has 2 rings (SSSR count). The van der Waals surface area contributed by atoms with E-state index in [4.69, 9.17) is 9.30 Å². The zero-order valence-electron chi connectivity index (χ0n) is 9.99. The van der Waals surface area contributed by atoms with Crippen LogP contribution in [0.4, 0.5) is 0 Å². The van der Waals surface area contributed by atoms with Crippen LogP contribution in [-0.2, 0) is 13.0 Å². The number of hydrogen-bond acceptors (Lipinski definition) is 0. The molecule has 0 unspecified atom stereocenters. The minimum atomic E-state index is -2.99. The van der Waals surface area contributed by atoms with Crippen molar-refractivity contribution in [3.8, 4) is 0 Å². The van der Waals surface area contributed by atoms with Crippen molar-refractivity contribution in [2.75, 3.05) is 0 Å². The van der Waals surface area contributed by atoms with Crippen molar-refractivity contribution in [2.24, 2.45) is 0 Å². The molecule has 2 aliphatic carbocycles. The average Bonchev–Trinajstić information content (AvgIpc) is 2.91. The van der Waals surface area contributed by atoms with Crippen LogP contribution in [0.5, 0.6) is 0 Å². The second-order valence-electron chi connectivity index (χ2n) is 4.54. The van der Waals surface area contributed by atoms with Crippen LogP contribution in [0, 0.1) is 0 Å². The number of allylic oxidation sites excluding steroid dienone is 8. The molecule has 0 aliphatic heterocycles. The normalized spacial score (nSPS) is 18.3. The first-order chi connectivity index (χ1) is 7.07. The van der Waals surface area contributed by atoms with Crippen LogP contribution in [-0.4, -0.2) is 7.63 Å². The van der Waals surface area contributed by atoms with E-state index in [1.165, 1.54) is 7.76 Å². The van der Waals surface area contributed by atoms with Gasteiger partial charge in [-0.25, -0.2) is 0 Å². The van der Waals surface area contributed by atoms with Crippen LogP contribution < -0.4 is 0 Å². The van der Waals surface area contributed by atoms with Gasteiger partial charge in [0.15, 0.2) is 0 Å². The fourth-order valence-corrected chi connectivity index (χ4v) is 11.1. The summed E-state index contributed by atoms with van der Waals surface area (Å²) in [4.78, 5) is 0. The first-order valence-corrected chi connectivity index (χ1v) is 14.4. The molecular formula is C12H19Cl3SiTi. The van der Waals surface area contributed by atoms with Crippen molar-refractivity contribution < 1.29 is 13.0 Å². The molecule has 0 aromatic heterocycles. The van der Waals surface area contributed by atoms with Crippen LogP contribution in [0.15, 0.2) is 44.2 Å². The van der Waals surface area contributed by atoms with E-state index in [1.807, 2.05) is 0 Å². The molecular weight excluding hydrogens is 326 g/mol. The third-order valence-corrected chi connectivity index (χ3v) is 20.7. The molecule has 0 nitrogen and oxygen atoms in total. The van der Waals surface area contributed by atoms with E-state index < -0.39 is 13.0 Å². The molecule has 0 atom stereocenters. The predicted octanol–water partition coefficient (Wildman–Crippen LogP) is 4.35. The van der Waals surface area contributed by atoms with E-state index in [1.54, 1.807) is 0 Å². The van der Waals surface area contributed by atoms with Gasteiger partial charge in [-0.3, -0.25) is 0 Å². The number of rotatable bonds is 3. The molecule has 0 heterocycles. The van der Waals surface area contributed by atoms with Gasteiger partial charge in [0.25, 0.3) is 0 Å². The quantitative estimate of drug-likeness (QED) is 0.667. The Morgan fingerprint density at radius 2 is 1.53 bits per heavy atom. The van der Waals surface area contributed by atoms with Gasteiger partial charge in [0, 0.05) is 0 Å². The molecule has 0 fully saturated rings. The summed E-state index contributed by atoms with van der Waals surface area (Å²) in [6.45, 7) is 2.26. The van der Waals surface area contributed by atoms with Gasteiger partial charge in [0.2, 0.25) is 0 Å². The first kappa shape index (κ1) is 17.8. The minimum Gasteiger partial charge on any atom is -0.147 e. The monoisotopic (exact) mass is 344 g/mol. The SMILES string of the molecule is C[CH2][Ti](=[SiH2])([Cl])([C]1=CC=CC1)[C]1=CC=CC1.Cl.Cl. The van der Waals surface area contributed by atoms with E-state index in [2.05, 4.69) is 51.0 Å². The molecule has 0 saturated heterocycles. The van der Waals surface area contributed by atoms with Crippen molar-refractivity contribution in [3.63, 3.8) is 0 Å². The average molecular weight is 346 g/mol. The third-order valence-electron chi connectivity index (χ3n) is 3.75. The summed E-state index contributed by atoms with van der Waals surface area (Å²) >= 11 is -2.99. The van der Waals surface area contributed by atoms with Gasteiger partial charge in [0.05, 0.1) is 0 Å². The Bertz CT molecular complexity index is 438. The Morgan fingerprint density at radius 1 is 1.12 bits per heavy atom. The van der Waals surface area contributed by atoms with Crippen LogP contribution in [0.25, 0.3) is 0 Å². The summed E-state index contributed by atoms with van der Waals surface area (Å²) in [7, 11) is 9.30. The van der Waals surface area contributed by atoms with Gasteiger partial charge in [0.1, 0.15) is 0 Å². The summed E-state index contributed by atoms with van der Waals surface area (Å²) in [5.41, 5.74) is 0. The van der Waals surface area contributed by atoms with Crippen LogP contribution >= 0.6 is 34.1 Å². The van der Waals surface area contributed by atoms with Crippen LogP contribution in [0.1, 0.15) is 19.8 Å². The van der Waals surface area contributed by atoms with E-state index in [9.17, 15) is 0 Å². The predicted molar refractivity (Wildman–Crippen MR) is 83.1 cm³/mol. The van der Waals surface area contributed by atoms with E-state index in [-0.39, 0.29) is 24.8 Å². The van der Waals surface area contributed by atoms with Gasteiger partial charge in [-0.05, 0) is 0 Å². The molecule has 0 amide bonds. The van der Waals surface area contributed by atoms with E-state index in [0.717, 1.165) is 17.6 Å². The van der Waals surface area contributed by atoms with Crippen LogP contribution in [0.3, 0.4) is 0 Å². The van der Waals surface area contributed by atoms with Gasteiger partial charge in [-0.15, -0.1) is 24.8 Å². The molecule has 5 heteroatoms. The molecule has 96 valence electrons. The summed E-state index contributed by atoms with van der Waals surface area (Å²) in [5, 5.41) is 0. The maximum absolute atomic E-state index is 7.18. The first-order valence-electron chi connectivity index (χ1n) is 5.54. The largest absolute Gasteiger partial charge is 0.147 e. The van der Waals surface area contributed by atoms with Gasteiger partial charge >= 0.3 is 98.6 Å². The van der Waals surface area contributed by atoms with Crippen molar-refractivity contribution in [3.05, 3.63) is 44.2 Å². The topological polar surface area (TPSA) is 0 Å². The molecule has 0 aromatic rings. The van der Waals surface area contributed by atoms with Gasteiger partial charge < -0.3 is 0 Å². The van der Waals surface area contributed by atoms with E-state index in [0.29, 0.717) is 0 Å². The Kier molecular flexibility index (Phi) is 6.55. The fourth-order valence-electron chi connectivity index (χ4n) is 2.40. The molecule has 2 aliphatic rings. The maximum Gasteiger partial charge on any atom is -0.147 e. The van der Waals surface area contributed by atoms with Gasteiger partial charge in [-0.2, -0.15) is 0 Å². The summed E-state index contributed by atoms with van der Waals surface area (Å²) in [5.74, 6) is 0. The second-order valence-corrected chi connectivity index (χ2v) is 24.5. The molecule has 17 heavy (non-hydrogen) atoms. The Labute approximate surface area is 122 Å². The zero-order valence-corrected chi connectivity index (χ0v) is 15.4. The summed E-state index contributed by atoms with van der Waals surface area (Å²) < 4.78 is 4.20. The summed E-state index contributed by atoms with van der Waals surface area (Å²) in [6, 6.07) is 0. The third kappa shape index (κ3) is 3.02. The maximum atomic E-state index is 7.18. The molecule has 0 aromatic carbocycles. The smallest absolute Gasteiger partial charge is 0.147 e. The van der Waals surface area contributed by atoms with Gasteiger partial charge in [-0.1, -0.05) is 0 Å². The minimum absolute atomic E-state index is 0. The standard InChI is InChI=1S/2C5H5.C2H5.3ClH.H2Si.Ti/c2*1-2-4-5-3-1;1-2;;;;;/h2*1-3H,4H2;1H2,2H3;3*1H;1H2;/q;;;;;;;+1/p-1. The van der Waals surface area contributed by atoms with Crippen molar-refractivity contribution in [2.45, 2.75) is 24.5 Å². The Morgan fingerprint density at radius 3 is 1.76 bits per heavy atom. The Balaban J connectivity index is 0.00000128. The van der Waals surface area contributed by atoms with E-state index >= 15 is 0 Å². The molecule has 0 spiro atoms.